The van der Waals surface area contributed by atoms with Gasteiger partial charge in [0.05, 0.1) is 10.7 Å². The molecule has 0 aliphatic carbocycles. The molecule has 92 valence electrons. The highest BCUT2D eigenvalue weighted by Crippen LogP contribution is 2.17. The van der Waals surface area contributed by atoms with E-state index in [0.29, 0.717) is 5.41 Å². The molecule has 1 aromatic rings. The summed E-state index contributed by atoms with van der Waals surface area (Å²) >= 11 is 1.72. The summed E-state index contributed by atoms with van der Waals surface area (Å²) in [5.74, 6) is 0. The number of aryl methyl sites for hydroxylation is 1. The van der Waals surface area contributed by atoms with Crippen molar-refractivity contribution in [1.29, 1.82) is 0 Å². The van der Waals surface area contributed by atoms with Crippen molar-refractivity contribution in [1.82, 2.24) is 15.2 Å². The fourth-order valence-electron chi connectivity index (χ4n) is 2.08. The first kappa shape index (κ1) is 13.6. The Morgan fingerprint density at radius 2 is 2.19 bits per heavy atom. The molecule has 0 atom stereocenters. The maximum Gasteiger partial charge on any atom is 0.0897 e. The van der Waals surface area contributed by atoms with Crippen molar-refractivity contribution in [3.8, 4) is 0 Å². The molecule has 0 aromatic carbocycles. The molecule has 1 N–H and O–H groups in total. The minimum atomic E-state index is 0.300. The van der Waals surface area contributed by atoms with Crippen molar-refractivity contribution in [2.45, 2.75) is 27.3 Å². The Morgan fingerprint density at radius 1 is 1.50 bits per heavy atom. The minimum Gasteiger partial charge on any atom is -0.319 e. The summed E-state index contributed by atoms with van der Waals surface area (Å²) in [5.41, 5.74) is 1.49. The Kier molecular flexibility index (Phi) is 4.89. The summed E-state index contributed by atoms with van der Waals surface area (Å²) in [4.78, 5) is 6.83. The highest BCUT2D eigenvalue weighted by atomic mass is 32.1. The summed E-state index contributed by atoms with van der Waals surface area (Å²) in [6, 6.07) is 0. The SMILES string of the molecule is CNCC(C)(C)CN(C)Cc1csc(C)n1. The largest absolute Gasteiger partial charge is 0.319 e. The standard InChI is InChI=1S/C12H23N3S/c1-10-14-11(7-16-10)6-15(5)9-12(2,3)8-13-4/h7,13H,6,8-9H2,1-5H3. The van der Waals surface area contributed by atoms with E-state index in [1.807, 2.05) is 7.05 Å². The van der Waals surface area contributed by atoms with Crippen molar-refractivity contribution in [3.05, 3.63) is 16.1 Å². The molecule has 0 unspecified atom stereocenters. The van der Waals surface area contributed by atoms with Crippen LogP contribution >= 0.6 is 11.3 Å². The second kappa shape index (κ2) is 5.75. The lowest BCUT2D eigenvalue weighted by atomic mass is 9.93. The van der Waals surface area contributed by atoms with E-state index in [9.17, 15) is 0 Å². The summed E-state index contributed by atoms with van der Waals surface area (Å²) in [6.07, 6.45) is 0. The van der Waals surface area contributed by atoms with Gasteiger partial charge in [0, 0.05) is 25.0 Å². The Balaban J connectivity index is 2.44. The van der Waals surface area contributed by atoms with Crippen LogP contribution in [0.2, 0.25) is 0 Å². The third kappa shape index (κ3) is 4.60. The van der Waals surface area contributed by atoms with E-state index < -0.39 is 0 Å². The summed E-state index contributed by atoms with van der Waals surface area (Å²) in [5, 5.41) is 6.54. The van der Waals surface area contributed by atoms with E-state index in [2.05, 4.69) is 48.4 Å². The van der Waals surface area contributed by atoms with Gasteiger partial charge in [-0.05, 0) is 26.4 Å². The van der Waals surface area contributed by atoms with Gasteiger partial charge in [0.1, 0.15) is 0 Å². The topological polar surface area (TPSA) is 28.2 Å². The van der Waals surface area contributed by atoms with Gasteiger partial charge in [-0.15, -0.1) is 11.3 Å². The molecule has 0 radical (unpaired) electrons. The molecule has 0 saturated heterocycles. The van der Waals surface area contributed by atoms with Crippen LogP contribution in [0.25, 0.3) is 0 Å². The summed E-state index contributed by atoms with van der Waals surface area (Å²) in [6.45, 7) is 9.67. The van der Waals surface area contributed by atoms with Crippen molar-refractivity contribution >= 4 is 11.3 Å². The molecule has 0 amide bonds. The van der Waals surface area contributed by atoms with Crippen molar-refractivity contribution in [3.63, 3.8) is 0 Å². The average Bonchev–Trinajstić information content (AvgIpc) is 2.49. The molecular formula is C12H23N3S. The molecule has 0 bridgehead atoms. The molecule has 16 heavy (non-hydrogen) atoms. The number of nitrogens with one attached hydrogen (secondary N) is 1. The summed E-state index contributed by atoms with van der Waals surface area (Å²) in [7, 11) is 4.16. The highest BCUT2D eigenvalue weighted by molar-refractivity contribution is 7.09. The molecular weight excluding hydrogens is 218 g/mol. The number of nitrogens with zero attached hydrogens (tertiary/aromatic N) is 2. The zero-order valence-electron chi connectivity index (χ0n) is 11.0. The maximum absolute atomic E-state index is 4.49. The molecule has 0 spiro atoms. The second-order valence-corrected chi connectivity index (χ2v) is 6.29. The van der Waals surface area contributed by atoms with Gasteiger partial charge in [0.25, 0.3) is 0 Å². The Hall–Kier alpha value is -0.450. The van der Waals surface area contributed by atoms with Gasteiger partial charge >= 0.3 is 0 Å². The molecule has 0 saturated carbocycles. The summed E-state index contributed by atoms with van der Waals surface area (Å²) < 4.78 is 0. The quantitative estimate of drug-likeness (QED) is 0.827. The van der Waals surface area contributed by atoms with Crippen LogP contribution in [0.4, 0.5) is 0 Å². The Labute approximate surface area is 103 Å². The van der Waals surface area contributed by atoms with Crippen LogP contribution in [0, 0.1) is 12.3 Å². The van der Waals surface area contributed by atoms with E-state index >= 15 is 0 Å². The fraction of sp³-hybridized carbons (Fsp3) is 0.750. The molecule has 0 aliphatic rings. The fourth-order valence-corrected chi connectivity index (χ4v) is 2.68. The first-order chi connectivity index (χ1) is 7.43. The zero-order valence-corrected chi connectivity index (χ0v) is 11.8. The third-order valence-electron chi connectivity index (χ3n) is 2.45. The van der Waals surface area contributed by atoms with Crippen LogP contribution in [-0.2, 0) is 6.54 Å². The van der Waals surface area contributed by atoms with Gasteiger partial charge in [0.2, 0.25) is 0 Å². The predicted octanol–water partition coefficient (Wildman–Crippen LogP) is 2.13. The lowest BCUT2D eigenvalue weighted by Gasteiger charge is -2.29. The lowest BCUT2D eigenvalue weighted by Crippen LogP contribution is -2.37. The molecule has 1 heterocycles. The van der Waals surface area contributed by atoms with Crippen LogP contribution in [-0.4, -0.2) is 37.1 Å². The van der Waals surface area contributed by atoms with Crippen LogP contribution in [0.5, 0.6) is 0 Å². The monoisotopic (exact) mass is 241 g/mol. The van der Waals surface area contributed by atoms with E-state index in [1.165, 1.54) is 5.69 Å². The van der Waals surface area contributed by atoms with Crippen molar-refractivity contribution in [2.24, 2.45) is 5.41 Å². The van der Waals surface area contributed by atoms with Crippen LogP contribution in [0.3, 0.4) is 0 Å². The number of hydrogen-bond donors (Lipinski definition) is 1. The van der Waals surface area contributed by atoms with E-state index in [1.54, 1.807) is 11.3 Å². The minimum absolute atomic E-state index is 0.300. The maximum atomic E-state index is 4.49. The first-order valence-electron chi connectivity index (χ1n) is 5.67. The number of hydrogen-bond acceptors (Lipinski definition) is 4. The Bertz CT molecular complexity index is 320. The molecule has 0 fully saturated rings. The van der Waals surface area contributed by atoms with Crippen molar-refractivity contribution in [2.75, 3.05) is 27.2 Å². The highest BCUT2D eigenvalue weighted by Gasteiger charge is 2.19. The van der Waals surface area contributed by atoms with Gasteiger partial charge < -0.3 is 5.32 Å². The normalized spacial score (nSPS) is 12.4. The van der Waals surface area contributed by atoms with Gasteiger partial charge in [-0.2, -0.15) is 0 Å². The molecule has 0 aliphatic heterocycles. The number of aromatic nitrogens is 1. The number of rotatable bonds is 6. The smallest absolute Gasteiger partial charge is 0.0897 e. The van der Waals surface area contributed by atoms with E-state index in [0.717, 1.165) is 24.6 Å². The predicted molar refractivity (Wildman–Crippen MR) is 70.9 cm³/mol. The van der Waals surface area contributed by atoms with Gasteiger partial charge in [-0.1, -0.05) is 13.8 Å². The molecule has 1 rings (SSSR count). The second-order valence-electron chi connectivity index (χ2n) is 5.22. The first-order valence-corrected chi connectivity index (χ1v) is 6.55. The Morgan fingerprint density at radius 3 is 2.69 bits per heavy atom. The molecule has 4 heteroatoms. The van der Waals surface area contributed by atoms with Gasteiger partial charge in [0.15, 0.2) is 0 Å². The number of thiazole rings is 1. The van der Waals surface area contributed by atoms with Crippen LogP contribution in [0.15, 0.2) is 5.38 Å². The van der Waals surface area contributed by atoms with E-state index in [-0.39, 0.29) is 0 Å². The molecule has 3 nitrogen and oxygen atoms in total. The van der Waals surface area contributed by atoms with Gasteiger partial charge in [-0.3, -0.25) is 4.90 Å². The lowest BCUT2D eigenvalue weighted by molar-refractivity contribution is 0.200. The van der Waals surface area contributed by atoms with E-state index in [4.69, 9.17) is 0 Å². The van der Waals surface area contributed by atoms with Gasteiger partial charge in [-0.25, -0.2) is 4.98 Å². The van der Waals surface area contributed by atoms with Crippen LogP contribution < -0.4 is 5.32 Å². The zero-order chi connectivity index (χ0) is 12.2. The van der Waals surface area contributed by atoms with Crippen LogP contribution in [0.1, 0.15) is 24.5 Å². The molecule has 1 aromatic heterocycles. The third-order valence-corrected chi connectivity index (χ3v) is 3.27. The van der Waals surface area contributed by atoms with Crippen molar-refractivity contribution < 1.29 is 0 Å². The average molecular weight is 241 g/mol.